The first-order valence-corrected chi connectivity index (χ1v) is 10.4. The number of aryl methyl sites for hydroxylation is 1. The lowest BCUT2D eigenvalue weighted by Crippen LogP contribution is -2.11. The van der Waals surface area contributed by atoms with Gasteiger partial charge in [0.1, 0.15) is 11.0 Å². The van der Waals surface area contributed by atoms with E-state index < -0.39 is 0 Å². The Morgan fingerprint density at radius 2 is 1.68 bits per heavy atom. The van der Waals surface area contributed by atoms with Crippen LogP contribution < -0.4 is 5.32 Å². The fraction of sp³-hybridized carbons (Fsp3) is 0.409. The van der Waals surface area contributed by atoms with E-state index in [9.17, 15) is 4.79 Å². The van der Waals surface area contributed by atoms with Crippen molar-refractivity contribution in [2.24, 2.45) is 0 Å². The second-order valence-electron chi connectivity index (χ2n) is 7.09. The van der Waals surface area contributed by atoms with E-state index >= 15 is 0 Å². The third kappa shape index (κ3) is 5.10. The first-order chi connectivity index (χ1) is 13.6. The molecule has 148 valence electrons. The third-order valence-electron chi connectivity index (χ3n) is 4.74. The van der Waals surface area contributed by atoms with Crippen LogP contribution >= 0.6 is 11.6 Å². The molecule has 0 aliphatic rings. The molecule has 0 aliphatic carbocycles. The molecule has 1 heterocycles. The molecule has 0 bridgehead atoms. The molecule has 6 heteroatoms. The molecule has 3 rings (SSSR count). The number of hydrogen-bond donors (Lipinski definition) is 1. The molecule has 0 fully saturated rings. The Bertz CT molecular complexity index is 934. The minimum Gasteiger partial charge on any atom is -0.325 e. The summed E-state index contributed by atoms with van der Waals surface area (Å²) in [5, 5.41) is 12.4. The van der Waals surface area contributed by atoms with E-state index in [2.05, 4.69) is 41.5 Å². The predicted octanol–water partition coefficient (Wildman–Crippen LogP) is 5.94. The Labute approximate surface area is 171 Å². The first-order valence-electron chi connectivity index (χ1n) is 10.1. The fourth-order valence-corrected chi connectivity index (χ4v) is 3.28. The van der Waals surface area contributed by atoms with Crippen LogP contribution in [0.2, 0.25) is 5.02 Å². The zero-order chi connectivity index (χ0) is 19.9. The van der Waals surface area contributed by atoms with E-state index in [1.807, 2.05) is 12.1 Å². The molecule has 0 aliphatic heterocycles. The Balaban J connectivity index is 1.77. The van der Waals surface area contributed by atoms with E-state index in [0.717, 1.165) is 31.4 Å². The lowest BCUT2D eigenvalue weighted by atomic mass is 10.1. The van der Waals surface area contributed by atoms with Gasteiger partial charge in [0.2, 0.25) is 5.91 Å². The number of fused-ring (bicyclic) bond motifs is 1. The number of nitrogens with one attached hydrogen (secondary N) is 1. The maximum absolute atomic E-state index is 12.1. The molecule has 5 nitrogen and oxygen atoms in total. The molecule has 1 aromatic heterocycles. The van der Waals surface area contributed by atoms with Crippen molar-refractivity contribution in [3.63, 3.8) is 0 Å². The van der Waals surface area contributed by atoms with Crippen LogP contribution in [-0.4, -0.2) is 20.9 Å². The normalized spacial score (nSPS) is 11.1. The highest BCUT2D eigenvalue weighted by Gasteiger charge is 2.11. The van der Waals surface area contributed by atoms with E-state index in [-0.39, 0.29) is 5.91 Å². The predicted molar refractivity (Wildman–Crippen MR) is 115 cm³/mol. The minimum atomic E-state index is -0.0234. The zero-order valence-electron chi connectivity index (χ0n) is 16.5. The summed E-state index contributed by atoms with van der Waals surface area (Å²) in [6.45, 7) is 4.31. The van der Waals surface area contributed by atoms with E-state index in [0.29, 0.717) is 28.2 Å². The summed E-state index contributed by atoms with van der Waals surface area (Å²) in [7, 11) is 0. The summed E-state index contributed by atoms with van der Waals surface area (Å²) in [5.74, 6) is -0.0234. The number of benzene rings is 2. The molecule has 3 aromatic rings. The van der Waals surface area contributed by atoms with Gasteiger partial charge in [-0.25, -0.2) is 0 Å². The highest BCUT2D eigenvalue weighted by Crippen LogP contribution is 2.27. The largest absolute Gasteiger partial charge is 0.325 e. The van der Waals surface area contributed by atoms with Gasteiger partial charge in [-0.05, 0) is 49.1 Å². The molecule has 0 unspecified atom stereocenters. The number of unbranched alkanes of at least 4 members (excludes halogenated alkanes) is 3. The van der Waals surface area contributed by atoms with Gasteiger partial charge in [-0.2, -0.15) is 4.80 Å². The SMILES string of the molecule is CCCCCC(=O)Nc1cc2nn(-c3ccc(CCCC)cc3)nc2cc1Cl. The number of hydrogen-bond acceptors (Lipinski definition) is 3. The van der Waals surface area contributed by atoms with Gasteiger partial charge < -0.3 is 5.32 Å². The van der Waals surface area contributed by atoms with Crippen molar-refractivity contribution in [2.75, 3.05) is 5.32 Å². The third-order valence-corrected chi connectivity index (χ3v) is 5.05. The van der Waals surface area contributed by atoms with Gasteiger partial charge in [0, 0.05) is 6.42 Å². The monoisotopic (exact) mass is 398 g/mol. The lowest BCUT2D eigenvalue weighted by Gasteiger charge is -2.06. The molecular formula is C22H27ClN4O. The van der Waals surface area contributed by atoms with Crippen LogP contribution in [-0.2, 0) is 11.2 Å². The summed E-state index contributed by atoms with van der Waals surface area (Å²) in [4.78, 5) is 13.7. The number of nitrogens with zero attached hydrogens (tertiary/aromatic N) is 3. The number of carbonyl (C=O) groups is 1. The van der Waals surface area contributed by atoms with Gasteiger partial charge in [-0.1, -0.05) is 56.8 Å². The van der Waals surface area contributed by atoms with Gasteiger partial charge in [0.25, 0.3) is 0 Å². The second-order valence-corrected chi connectivity index (χ2v) is 7.49. The molecule has 2 aromatic carbocycles. The van der Waals surface area contributed by atoms with Gasteiger partial charge in [0.05, 0.1) is 16.4 Å². The van der Waals surface area contributed by atoms with Crippen molar-refractivity contribution in [1.82, 2.24) is 15.0 Å². The summed E-state index contributed by atoms with van der Waals surface area (Å²) in [5.41, 5.74) is 4.20. The highest BCUT2D eigenvalue weighted by molar-refractivity contribution is 6.34. The number of amides is 1. The average Bonchev–Trinajstić information content (AvgIpc) is 3.10. The van der Waals surface area contributed by atoms with E-state index in [1.54, 1.807) is 16.9 Å². The van der Waals surface area contributed by atoms with Crippen LogP contribution in [0.25, 0.3) is 16.7 Å². The van der Waals surface area contributed by atoms with Gasteiger partial charge in [0.15, 0.2) is 0 Å². The maximum Gasteiger partial charge on any atom is 0.224 e. The summed E-state index contributed by atoms with van der Waals surface area (Å²) >= 11 is 6.34. The molecule has 0 saturated carbocycles. The molecule has 1 N–H and O–H groups in total. The second kappa shape index (κ2) is 9.69. The van der Waals surface area contributed by atoms with E-state index in [4.69, 9.17) is 11.6 Å². The topological polar surface area (TPSA) is 59.8 Å². The first kappa shape index (κ1) is 20.3. The molecule has 0 spiro atoms. The van der Waals surface area contributed by atoms with Crippen LogP contribution in [0.3, 0.4) is 0 Å². The number of halogens is 1. The van der Waals surface area contributed by atoms with Crippen molar-refractivity contribution in [2.45, 2.75) is 58.8 Å². The number of carbonyl (C=O) groups excluding carboxylic acids is 1. The van der Waals surface area contributed by atoms with Gasteiger partial charge in [-0.15, -0.1) is 10.2 Å². The number of aromatic nitrogens is 3. The summed E-state index contributed by atoms with van der Waals surface area (Å²) in [6, 6.07) is 11.8. The highest BCUT2D eigenvalue weighted by atomic mass is 35.5. The Morgan fingerprint density at radius 1 is 1.00 bits per heavy atom. The summed E-state index contributed by atoms with van der Waals surface area (Å²) in [6.07, 6.45) is 6.98. The smallest absolute Gasteiger partial charge is 0.224 e. The van der Waals surface area contributed by atoms with Crippen LogP contribution in [0.1, 0.15) is 57.9 Å². The van der Waals surface area contributed by atoms with Crippen molar-refractivity contribution >= 4 is 34.2 Å². The van der Waals surface area contributed by atoms with Crippen LogP contribution in [0.15, 0.2) is 36.4 Å². The maximum atomic E-state index is 12.1. The van der Waals surface area contributed by atoms with Gasteiger partial charge in [-0.3, -0.25) is 4.79 Å². The van der Waals surface area contributed by atoms with E-state index in [1.165, 1.54) is 18.4 Å². The molecular weight excluding hydrogens is 372 g/mol. The fourth-order valence-electron chi connectivity index (χ4n) is 3.07. The Hall–Kier alpha value is -2.40. The van der Waals surface area contributed by atoms with Crippen molar-refractivity contribution in [3.8, 4) is 5.69 Å². The van der Waals surface area contributed by atoms with Crippen molar-refractivity contribution in [1.29, 1.82) is 0 Å². The standard InChI is InChI=1S/C22H27ClN4O/c1-3-5-7-9-22(28)24-19-15-21-20(14-18(19)23)25-27(26-21)17-12-10-16(11-13-17)8-6-4-2/h10-15H,3-9H2,1-2H3,(H,24,28). The average molecular weight is 399 g/mol. The number of anilines is 1. The van der Waals surface area contributed by atoms with Crippen LogP contribution in [0.4, 0.5) is 5.69 Å². The molecule has 0 saturated heterocycles. The van der Waals surface area contributed by atoms with Crippen molar-refractivity contribution in [3.05, 3.63) is 47.0 Å². The molecule has 0 radical (unpaired) electrons. The number of rotatable bonds is 9. The molecule has 0 atom stereocenters. The lowest BCUT2D eigenvalue weighted by molar-refractivity contribution is -0.116. The Kier molecular flexibility index (Phi) is 7.04. The Morgan fingerprint density at radius 3 is 2.36 bits per heavy atom. The van der Waals surface area contributed by atoms with Crippen molar-refractivity contribution < 1.29 is 4.79 Å². The quantitative estimate of drug-likeness (QED) is 0.454. The molecule has 1 amide bonds. The molecule has 28 heavy (non-hydrogen) atoms. The summed E-state index contributed by atoms with van der Waals surface area (Å²) < 4.78 is 0. The van der Waals surface area contributed by atoms with Gasteiger partial charge >= 0.3 is 0 Å². The van der Waals surface area contributed by atoms with Crippen LogP contribution in [0.5, 0.6) is 0 Å². The van der Waals surface area contributed by atoms with Crippen LogP contribution in [0, 0.1) is 0 Å². The zero-order valence-corrected chi connectivity index (χ0v) is 17.3. The minimum absolute atomic E-state index is 0.0234.